The molecule has 0 fully saturated rings. The van der Waals surface area contributed by atoms with Gasteiger partial charge >= 0.3 is 0 Å². The first-order chi connectivity index (χ1) is 7.17. The molecule has 0 aliphatic rings. The minimum atomic E-state index is 0.225. The van der Waals surface area contributed by atoms with Crippen LogP contribution in [-0.4, -0.2) is 29.3 Å². The molecule has 1 aromatic rings. The number of thiophene rings is 1. The predicted molar refractivity (Wildman–Crippen MR) is 72.7 cm³/mol. The summed E-state index contributed by atoms with van der Waals surface area (Å²) >= 11 is 6.84. The fourth-order valence-electron chi connectivity index (χ4n) is 1.29. The van der Waals surface area contributed by atoms with Crippen molar-refractivity contribution in [3.8, 4) is 0 Å². The van der Waals surface area contributed by atoms with Crippen molar-refractivity contribution in [3.63, 3.8) is 0 Å². The number of halogens is 1. The van der Waals surface area contributed by atoms with E-state index in [9.17, 15) is 0 Å². The lowest BCUT2D eigenvalue weighted by Gasteiger charge is -2.21. The van der Waals surface area contributed by atoms with Crippen LogP contribution in [0.25, 0.3) is 0 Å². The van der Waals surface area contributed by atoms with Crippen LogP contribution >= 0.6 is 39.0 Å². The van der Waals surface area contributed by atoms with Crippen LogP contribution in [0, 0.1) is 0 Å². The Morgan fingerprint density at radius 2 is 2.40 bits per heavy atom. The molecule has 0 aromatic carbocycles. The maximum atomic E-state index is 9.13. The van der Waals surface area contributed by atoms with Gasteiger partial charge in [0.15, 0.2) is 0 Å². The van der Waals surface area contributed by atoms with Crippen LogP contribution in [0.2, 0.25) is 0 Å². The van der Waals surface area contributed by atoms with E-state index in [4.69, 9.17) is 5.11 Å². The zero-order valence-electron chi connectivity index (χ0n) is 8.87. The lowest BCUT2D eigenvalue weighted by molar-refractivity contribution is 0.276. The van der Waals surface area contributed by atoms with E-state index in [1.807, 2.05) is 6.26 Å². The van der Waals surface area contributed by atoms with Crippen LogP contribution in [0.4, 0.5) is 0 Å². The molecule has 0 spiro atoms. The van der Waals surface area contributed by atoms with Crippen molar-refractivity contribution in [2.75, 3.05) is 12.9 Å². The molecule has 0 bridgehead atoms. The van der Waals surface area contributed by atoms with Gasteiger partial charge in [-0.1, -0.05) is 0 Å². The Kier molecular flexibility index (Phi) is 6.23. The Hall–Kier alpha value is 0.450. The standard InChI is InChI=1S/C10H16BrNOS2/c1-7(9(5-13)14-2)12-4-8-3-10(11)15-6-8/h3,6-7,9,12-13H,4-5H2,1-2H3. The average molecular weight is 310 g/mol. The van der Waals surface area contributed by atoms with Crippen molar-refractivity contribution in [1.29, 1.82) is 0 Å². The Morgan fingerprint density at radius 3 is 2.87 bits per heavy atom. The highest BCUT2D eigenvalue weighted by Gasteiger charge is 2.14. The van der Waals surface area contributed by atoms with Gasteiger partial charge in [0.2, 0.25) is 0 Å². The zero-order chi connectivity index (χ0) is 11.3. The summed E-state index contributed by atoms with van der Waals surface area (Å²) in [6.07, 6.45) is 2.03. The Labute approximate surface area is 108 Å². The van der Waals surface area contributed by atoms with Gasteiger partial charge in [0, 0.05) is 17.8 Å². The highest BCUT2D eigenvalue weighted by atomic mass is 79.9. The fraction of sp³-hybridized carbons (Fsp3) is 0.600. The molecule has 2 nitrogen and oxygen atoms in total. The quantitative estimate of drug-likeness (QED) is 0.847. The highest BCUT2D eigenvalue weighted by Crippen LogP contribution is 2.20. The first-order valence-corrected chi connectivity index (χ1v) is 7.73. The molecule has 1 rings (SSSR count). The molecule has 0 aliphatic heterocycles. The van der Waals surface area contributed by atoms with Crippen LogP contribution in [-0.2, 0) is 6.54 Å². The van der Waals surface area contributed by atoms with Crippen LogP contribution in [0.5, 0.6) is 0 Å². The summed E-state index contributed by atoms with van der Waals surface area (Å²) < 4.78 is 1.16. The minimum Gasteiger partial charge on any atom is -0.395 e. The number of aliphatic hydroxyl groups excluding tert-OH is 1. The maximum absolute atomic E-state index is 9.13. The molecular formula is C10H16BrNOS2. The van der Waals surface area contributed by atoms with E-state index in [2.05, 4.69) is 39.6 Å². The Balaban J connectivity index is 2.36. The molecule has 1 aromatic heterocycles. The van der Waals surface area contributed by atoms with Crippen molar-refractivity contribution < 1.29 is 5.11 Å². The van der Waals surface area contributed by atoms with Gasteiger partial charge in [0.25, 0.3) is 0 Å². The van der Waals surface area contributed by atoms with Gasteiger partial charge in [0.1, 0.15) is 0 Å². The predicted octanol–water partition coefficient (Wildman–Crippen LogP) is 2.71. The van der Waals surface area contributed by atoms with Gasteiger partial charge < -0.3 is 10.4 Å². The first-order valence-electron chi connectivity index (χ1n) is 4.77. The van der Waals surface area contributed by atoms with Crippen LogP contribution in [0.1, 0.15) is 12.5 Å². The summed E-state index contributed by atoms with van der Waals surface area (Å²) in [5, 5.41) is 15.0. The summed E-state index contributed by atoms with van der Waals surface area (Å²) in [6.45, 7) is 3.20. The average Bonchev–Trinajstić information content (AvgIpc) is 2.63. The molecule has 0 saturated carbocycles. The third-order valence-electron chi connectivity index (χ3n) is 2.29. The van der Waals surface area contributed by atoms with Crippen LogP contribution in [0.3, 0.4) is 0 Å². The fourth-order valence-corrected chi connectivity index (χ4v) is 3.15. The van der Waals surface area contributed by atoms with E-state index in [0.29, 0.717) is 6.04 Å². The van der Waals surface area contributed by atoms with Crippen LogP contribution < -0.4 is 5.32 Å². The smallest absolute Gasteiger partial charge is 0.0701 e. The summed E-state index contributed by atoms with van der Waals surface area (Å²) in [4.78, 5) is 0. The normalized spacial score (nSPS) is 15.2. The molecule has 2 unspecified atom stereocenters. The summed E-state index contributed by atoms with van der Waals surface area (Å²) in [6, 6.07) is 2.45. The van der Waals surface area contributed by atoms with Crippen molar-refractivity contribution >= 4 is 39.0 Å². The van der Waals surface area contributed by atoms with Gasteiger partial charge in [-0.15, -0.1) is 11.3 Å². The first kappa shape index (κ1) is 13.5. The molecule has 2 atom stereocenters. The molecule has 0 saturated heterocycles. The van der Waals surface area contributed by atoms with E-state index in [-0.39, 0.29) is 11.9 Å². The molecule has 86 valence electrons. The molecule has 1 heterocycles. The van der Waals surface area contributed by atoms with E-state index in [1.54, 1.807) is 23.1 Å². The van der Waals surface area contributed by atoms with E-state index < -0.39 is 0 Å². The molecule has 0 amide bonds. The van der Waals surface area contributed by atoms with E-state index in [0.717, 1.165) is 10.3 Å². The van der Waals surface area contributed by atoms with Crippen molar-refractivity contribution in [2.24, 2.45) is 0 Å². The van der Waals surface area contributed by atoms with Crippen molar-refractivity contribution in [1.82, 2.24) is 5.32 Å². The van der Waals surface area contributed by atoms with E-state index in [1.165, 1.54) is 5.56 Å². The lowest BCUT2D eigenvalue weighted by Crippen LogP contribution is -2.36. The van der Waals surface area contributed by atoms with Gasteiger partial charge in [-0.3, -0.25) is 0 Å². The third-order valence-corrected chi connectivity index (χ3v) is 5.01. The third kappa shape index (κ3) is 4.44. The second kappa shape index (κ2) is 6.91. The second-order valence-electron chi connectivity index (χ2n) is 3.39. The summed E-state index contributed by atoms with van der Waals surface area (Å²) in [5.74, 6) is 0. The van der Waals surface area contributed by atoms with Crippen molar-refractivity contribution in [3.05, 3.63) is 20.8 Å². The number of thioether (sulfide) groups is 1. The molecule has 2 N–H and O–H groups in total. The summed E-state index contributed by atoms with van der Waals surface area (Å²) in [7, 11) is 0. The lowest BCUT2D eigenvalue weighted by atomic mass is 10.2. The van der Waals surface area contributed by atoms with Gasteiger partial charge in [-0.25, -0.2) is 0 Å². The van der Waals surface area contributed by atoms with Crippen molar-refractivity contribution in [2.45, 2.75) is 24.8 Å². The molecule has 0 aliphatic carbocycles. The minimum absolute atomic E-state index is 0.225. The second-order valence-corrected chi connectivity index (χ2v) is 6.75. The number of hydrogen-bond acceptors (Lipinski definition) is 4. The maximum Gasteiger partial charge on any atom is 0.0701 e. The largest absolute Gasteiger partial charge is 0.395 e. The number of nitrogens with one attached hydrogen (secondary N) is 1. The molecular weight excluding hydrogens is 294 g/mol. The number of aliphatic hydroxyl groups is 1. The topological polar surface area (TPSA) is 32.3 Å². The molecule has 0 radical (unpaired) electrons. The van der Waals surface area contributed by atoms with Gasteiger partial charge in [-0.05, 0) is 46.1 Å². The Morgan fingerprint density at radius 1 is 1.67 bits per heavy atom. The molecule has 15 heavy (non-hydrogen) atoms. The van der Waals surface area contributed by atoms with Crippen LogP contribution in [0.15, 0.2) is 15.2 Å². The SMILES string of the molecule is CSC(CO)C(C)NCc1csc(Br)c1. The van der Waals surface area contributed by atoms with Gasteiger partial charge in [-0.2, -0.15) is 11.8 Å². The van der Waals surface area contributed by atoms with E-state index >= 15 is 0 Å². The Bertz CT molecular complexity index is 289. The highest BCUT2D eigenvalue weighted by molar-refractivity contribution is 9.11. The van der Waals surface area contributed by atoms with Gasteiger partial charge in [0.05, 0.1) is 10.4 Å². The monoisotopic (exact) mass is 309 g/mol. The zero-order valence-corrected chi connectivity index (χ0v) is 12.1. The summed E-state index contributed by atoms with van der Waals surface area (Å²) in [5.41, 5.74) is 1.29. The number of hydrogen-bond donors (Lipinski definition) is 2. The number of rotatable bonds is 6. The molecule has 5 heteroatoms.